The van der Waals surface area contributed by atoms with Gasteiger partial charge in [0.2, 0.25) is 0 Å². The molecule has 0 saturated heterocycles. The Morgan fingerprint density at radius 3 is 1.08 bits per heavy atom. The highest BCUT2D eigenvalue weighted by atomic mass is 79.9. The predicted molar refractivity (Wildman–Crippen MR) is 65.9 cm³/mol. The van der Waals surface area contributed by atoms with E-state index in [1.54, 1.807) is 0 Å². The summed E-state index contributed by atoms with van der Waals surface area (Å²) in [5.41, 5.74) is 1.99. The molecule has 0 spiro atoms. The third-order valence-corrected chi connectivity index (χ3v) is 3.62. The van der Waals surface area contributed by atoms with Crippen LogP contribution in [-0.2, 0) is 0 Å². The van der Waals surface area contributed by atoms with Gasteiger partial charge in [0, 0.05) is 8.96 Å². The summed E-state index contributed by atoms with van der Waals surface area (Å²) in [4.78, 5) is 0. The quantitative estimate of drug-likeness (QED) is 0.617. The molecule has 0 heterocycles. The smallest absolute Gasteiger partial charge is 0.0343 e. The van der Waals surface area contributed by atoms with E-state index in [0.717, 1.165) is 20.1 Å². The highest BCUT2D eigenvalue weighted by Crippen LogP contribution is 2.28. The maximum atomic E-state index is 3.78. The molecule has 0 rings (SSSR count). The van der Waals surface area contributed by atoms with Crippen molar-refractivity contribution < 1.29 is 0 Å². The topological polar surface area (TPSA) is 0 Å². The molecular formula is C10H16Br2. The van der Waals surface area contributed by atoms with E-state index in [2.05, 4.69) is 45.0 Å². The van der Waals surface area contributed by atoms with Gasteiger partial charge in [-0.3, -0.25) is 0 Å². The molecule has 2 heteroatoms. The molecule has 0 bridgehead atoms. The van der Waals surface area contributed by atoms with E-state index in [1.807, 2.05) is 27.7 Å². The second-order valence-corrected chi connectivity index (χ2v) is 3.77. The predicted octanol–water partition coefficient (Wildman–Crippen LogP) is 5.17. The Morgan fingerprint density at radius 1 is 0.833 bits per heavy atom. The maximum Gasteiger partial charge on any atom is 0.0343 e. The zero-order valence-corrected chi connectivity index (χ0v) is 11.3. The van der Waals surface area contributed by atoms with Crippen LogP contribution in [0.25, 0.3) is 0 Å². The molecule has 70 valence electrons. The third-order valence-electron chi connectivity index (χ3n) is 0.942. The van der Waals surface area contributed by atoms with E-state index in [0.29, 0.717) is 0 Å². The molecule has 0 amide bonds. The van der Waals surface area contributed by atoms with E-state index in [9.17, 15) is 0 Å². The molecule has 0 aromatic rings. The molecule has 0 aromatic heterocycles. The first kappa shape index (κ1) is 14.7. The molecule has 0 N–H and O–H groups in total. The van der Waals surface area contributed by atoms with Gasteiger partial charge in [-0.1, -0.05) is 27.0 Å². The highest BCUT2D eigenvalue weighted by molar-refractivity contribution is 9.14. The molecule has 12 heavy (non-hydrogen) atoms. The van der Waals surface area contributed by atoms with E-state index in [1.165, 1.54) is 0 Å². The van der Waals surface area contributed by atoms with Crippen LogP contribution in [0.5, 0.6) is 0 Å². The number of allylic oxidation sites excluding steroid dienone is 4. The average Bonchev–Trinajstić information content (AvgIpc) is 2.05. The van der Waals surface area contributed by atoms with Crippen LogP contribution in [-0.4, -0.2) is 0 Å². The number of hydrogen-bond donors (Lipinski definition) is 0. The van der Waals surface area contributed by atoms with Crippen molar-refractivity contribution in [1.82, 2.24) is 0 Å². The summed E-state index contributed by atoms with van der Waals surface area (Å²) in [7, 11) is 0. The minimum atomic E-state index is 0.986. The summed E-state index contributed by atoms with van der Waals surface area (Å²) >= 11 is 6.76. The van der Waals surface area contributed by atoms with Crippen molar-refractivity contribution >= 4 is 31.9 Å². The van der Waals surface area contributed by atoms with Gasteiger partial charge < -0.3 is 0 Å². The lowest BCUT2D eigenvalue weighted by Crippen LogP contribution is -1.79. The Hall–Kier alpha value is 0.180. The van der Waals surface area contributed by atoms with Gasteiger partial charge in [0.05, 0.1) is 0 Å². The van der Waals surface area contributed by atoms with E-state index >= 15 is 0 Å². The third kappa shape index (κ3) is 5.78. The van der Waals surface area contributed by atoms with Crippen molar-refractivity contribution in [2.45, 2.75) is 27.7 Å². The normalized spacial score (nSPS) is 10.8. The van der Waals surface area contributed by atoms with Gasteiger partial charge in [-0.25, -0.2) is 0 Å². The van der Waals surface area contributed by atoms with Gasteiger partial charge in [-0.2, -0.15) is 0 Å². The fourth-order valence-corrected chi connectivity index (χ4v) is 1.05. The fraction of sp³-hybridized carbons (Fsp3) is 0.400. The van der Waals surface area contributed by atoms with Crippen LogP contribution < -0.4 is 0 Å². The summed E-state index contributed by atoms with van der Waals surface area (Å²) in [6.07, 6.45) is 0. The molecule has 0 aliphatic carbocycles. The van der Waals surface area contributed by atoms with E-state index < -0.39 is 0 Å². The standard InChI is InChI=1S/C8H10Br2.C2H6/c1-5(2)7(9)8(10)6(3)4;1-2/h1,3H2,2,4H3;1-2H3/b8-7-;. The van der Waals surface area contributed by atoms with Gasteiger partial charge in [0.25, 0.3) is 0 Å². The van der Waals surface area contributed by atoms with Crippen molar-refractivity contribution in [2.75, 3.05) is 0 Å². The SMILES string of the molecule is C=C(C)/C(Br)=C(/Br)C(=C)C.CC. The Morgan fingerprint density at radius 2 is 1.00 bits per heavy atom. The summed E-state index contributed by atoms with van der Waals surface area (Å²) < 4.78 is 1.97. The molecule has 0 aliphatic heterocycles. The number of halogens is 2. The van der Waals surface area contributed by atoms with Gasteiger partial charge in [0.1, 0.15) is 0 Å². The first-order chi connectivity index (χ1) is 5.46. The molecule has 0 fully saturated rings. The van der Waals surface area contributed by atoms with Gasteiger partial charge in [-0.05, 0) is 56.9 Å². The molecule has 0 aromatic carbocycles. The second kappa shape index (κ2) is 7.81. The molecule has 0 atom stereocenters. The molecule has 0 radical (unpaired) electrons. The van der Waals surface area contributed by atoms with Crippen molar-refractivity contribution in [1.29, 1.82) is 0 Å². The molecule has 0 aliphatic rings. The van der Waals surface area contributed by atoms with Gasteiger partial charge in [0.15, 0.2) is 0 Å². The van der Waals surface area contributed by atoms with Crippen LogP contribution >= 0.6 is 31.9 Å². The molecule has 0 nitrogen and oxygen atoms in total. The monoisotopic (exact) mass is 294 g/mol. The Balaban J connectivity index is 0. The van der Waals surface area contributed by atoms with Crippen molar-refractivity contribution in [3.8, 4) is 0 Å². The first-order valence-electron chi connectivity index (χ1n) is 3.84. The lowest BCUT2D eigenvalue weighted by Gasteiger charge is -2.01. The number of hydrogen-bond acceptors (Lipinski definition) is 0. The van der Waals surface area contributed by atoms with Gasteiger partial charge in [-0.15, -0.1) is 0 Å². The van der Waals surface area contributed by atoms with Crippen molar-refractivity contribution in [2.24, 2.45) is 0 Å². The van der Waals surface area contributed by atoms with Gasteiger partial charge >= 0.3 is 0 Å². The fourth-order valence-electron chi connectivity index (χ4n) is 0.375. The maximum absolute atomic E-state index is 3.78. The summed E-state index contributed by atoms with van der Waals surface area (Å²) in [5.74, 6) is 0. The summed E-state index contributed by atoms with van der Waals surface area (Å²) in [6.45, 7) is 15.4. The minimum Gasteiger partial charge on any atom is -0.0949 e. The van der Waals surface area contributed by atoms with Crippen LogP contribution in [0.2, 0.25) is 0 Å². The largest absolute Gasteiger partial charge is 0.0949 e. The van der Waals surface area contributed by atoms with Crippen LogP contribution in [0.4, 0.5) is 0 Å². The number of rotatable bonds is 2. The Kier molecular flexibility index (Phi) is 9.56. The van der Waals surface area contributed by atoms with Crippen molar-refractivity contribution in [3.63, 3.8) is 0 Å². The van der Waals surface area contributed by atoms with Crippen molar-refractivity contribution in [3.05, 3.63) is 33.3 Å². The zero-order valence-electron chi connectivity index (χ0n) is 8.17. The zero-order chi connectivity index (χ0) is 10.3. The Labute approximate surface area is 92.7 Å². The molecular weight excluding hydrogens is 280 g/mol. The van der Waals surface area contributed by atoms with E-state index in [-0.39, 0.29) is 0 Å². The van der Waals surface area contributed by atoms with Crippen LogP contribution in [0.15, 0.2) is 33.3 Å². The van der Waals surface area contributed by atoms with E-state index in [4.69, 9.17) is 0 Å². The lowest BCUT2D eigenvalue weighted by molar-refractivity contribution is 1.47. The second-order valence-electron chi connectivity index (χ2n) is 2.19. The van der Waals surface area contributed by atoms with Crippen LogP contribution in [0.1, 0.15) is 27.7 Å². The molecule has 0 saturated carbocycles. The van der Waals surface area contributed by atoms with Crippen LogP contribution in [0.3, 0.4) is 0 Å². The minimum absolute atomic E-state index is 0.986. The first-order valence-corrected chi connectivity index (χ1v) is 5.42. The molecule has 0 unspecified atom stereocenters. The summed E-state index contributed by atoms with van der Waals surface area (Å²) in [5, 5.41) is 0. The Bertz CT molecular complexity index is 178. The lowest BCUT2D eigenvalue weighted by atomic mass is 10.2. The average molecular weight is 296 g/mol. The summed E-state index contributed by atoms with van der Waals surface area (Å²) in [6, 6.07) is 0. The highest BCUT2D eigenvalue weighted by Gasteiger charge is 2.00. The van der Waals surface area contributed by atoms with Crippen LogP contribution in [0, 0.1) is 0 Å².